The summed E-state index contributed by atoms with van der Waals surface area (Å²) in [5, 5.41) is 13.7. The molecule has 30 heavy (non-hydrogen) atoms. The lowest BCUT2D eigenvalue weighted by atomic mass is 9.97. The van der Waals surface area contributed by atoms with Crippen LogP contribution in [0.3, 0.4) is 0 Å². The zero-order chi connectivity index (χ0) is 20.9. The van der Waals surface area contributed by atoms with Crippen LogP contribution in [0.15, 0.2) is 48.5 Å². The first-order valence-electron chi connectivity index (χ1n) is 10.2. The van der Waals surface area contributed by atoms with Crippen LogP contribution in [0.1, 0.15) is 21.5 Å². The Morgan fingerprint density at radius 3 is 2.80 bits per heavy atom. The van der Waals surface area contributed by atoms with Crippen molar-refractivity contribution in [2.45, 2.75) is 6.92 Å². The maximum atomic E-state index is 12.7. The lowest BCUT2D eigenvalue weighted by molar-refractivity contribution is 0.0383. The second-order valence-electron chi connectivity index (χ2n) is 7.38. The third-order valence-electron chi connectivity index (χ3n) is 5.48. The molecular weight excluding hydrogens is 376 g/mol. The number of carbonyl (C=O) groups is 1. The summed E-state index contributed by atoms with van der Waals surface area (Å²) in [5.74, 6) is -0.124. The van der Waals surface area contributed by atoms with Crippen LogP contribution in [0.25, 0.3) is 22.2 Å². The van der Waals surface area contributed by atoms with E-state index in [9.17, 15) is 10.1 Å². The Morgan fingerprint density at radius 1 is 1.20 bits per heavy atom. The number of ether oxygens (including phenoxy) is 1. The molecule has 0 unspecified atom stereocenters. The van der Waals surface area contributed by atoms with E-state index in [1.54, 1.807) is 12.1 Å². The summed E-state index contributed by atoms with van der Waals surface area (Å²) in [5.41, 5.74) is 4.21. The molecule has 4 rings (SSSR count). The van der Waals surface area contributed by atoms with E-state index in [1.165, 1.54) is 0 Å². The van der Waals surface area contributed by atoms with Crippen molar-refractivity contribution in [2.75, 3.05) is 39.4 Å². The monoisotopic (exact) mass is 400 g/mol. The highest BCUT2D eigenvalue weighted by Gasteiger charge is 2.16. The van der Waals surface area contributed by atoms with Crippen molar-refractivity contribution in [3.05, 3.63) is 65.2 Å². The van der Waals surface area contributed by atoms with Gasteiger partial charge in [-0.1, -0.05) is 30.3 Å². The first-order chi connectivity index (χ1) is 14.7. The number of morpholine rings is 1. The van der Waals surface area contributed by atoms with Crippen molar-refractivity contribution >= 4 is 16.8 Å². The van der Waals surface area contributed by atoms with E-state index in [2.05, 4.69) is 16.3 Å². The summed E-state index contributed by atoms with van der Waals surface area (Å²) in [6, 6.07) is 17.4. The van der Waals surface area contributed by atoms with Crippen LogP contribution in [0.4, 0.5) is 0 Å². The molecular formula is C24H24N4O2. The van der Waals surface area contributed by atoms with E-state index in [4.69, 9.17) is 9.72 Å². The van der Waals surface area contributed by atoms with Crippen molar-refractivity contribution in [3.8, 4) is 17.3 Å². The van der Waals surface area contributed by atoms with Crippen molar-refractivity contribution in [2.24, 2.45) is 0 Å². The largest absolute Gasteiger partial charge is 0.379 e. The van der Waals surface area contributed by atoms with Gasteiger partial charge in [0.1, 0.15) is 6.07 Å². The molecule has 0 atom stereocenters. The molecule has 1 aliphatic heterocycles. The molecule has 1 N–H and O–H groups in total. The summed E-state index contributed by atoms with van der Waals surface area (Å²) >= 11 is 0. The summed E-state index contributed by atoms with van der Waals surface area (Å²) in [7, 11) is 0. The molecule has 0 radical (unpaired) electrons. The number of para-hydroxylation sites is 1. The summed E-state index contributed by atoms with van der Waals surface area (Å²) in [4.78, 5) is 19.7. The number of rotatable bonds is 5. The number of aryl methyl sites for hydroxylation is 1. The lowest BCUT2D eigenvalue weighted by Gasteiger charge is -2.26. The molecule has 1 aromatic heterocycles. The summed E-state index contributed by atoms with van der Waals surface area (Å²) < 4.78 is 5.35. The zero-order valence-electron chi connectivity index (χ0n) is 17.0. The topological polar surface area (TPSA) is 78.2 Å². The average Bonchev–Trinajstić information content (AvgIpc) is 2.80. The van der Waals surface area contributed by atoms with Gasteiger partial charge in [-0.05, 0) is 30.7 Å². The zero-order valence-corrected chi connectivity index (χ0v) is 17.0. The van der Waals surface area contributed by atoms with Crippen molar-refractivity contribution in [1.82, 2.24) is 15.2 Å². The first kappa shape index (κ1) is 20.0. The Bertz CT molecular complexity index is 1110. The Hall–Kier alpha value is -3.27. The highest BCUT2D eigenvalue weighted by atomic mass is 16.5. The molecule has 0 spiro atoms. The van der Waals surface area contributed by atoms with Gasteiger partial charge in [-0.15, -0.1) is 0 Å². The van der Waals surface area contributed by atoms with Gasteiger partial charge in [0.25, 0.3) is 5.91 Å². The van der Waals surface area contributed by atoms with Gasteiger partial charge in [-0.2, -0.15) is 5.26 Å². The Morgan fingerprint density at radius 2 is 2.00 bits per heavy atom. The molecule has 0 saturated carbocycles. The van der Waals surface area contributed by atoms with E-state index in [0.29, 0.717) is 23.4 Å². The molecule has 0 aliphatic carbocycles. The molecule has 1 saturated heterocycles. The molecule has 6 heteroatoms. The quantitative estimate of drug-likeness (QED) is 0.712. The fraction of sp³-hybridized carbons (Fsp3) is 0.292. The number of nitrogens with one attached hydrogen (secondary N) is 1. The van der Waals surface area contributed by atoms with Crippen LogP contribution in [-0.2, 0) is 4.74 Å². The second kappa shape index (κ2) is 9.04. The highest BCUT2D eigenvalue weighted by Crippen LogP contribution is 2.29. The maximum Gasteiger partial charge on any atom is 0.251 e. The molecule has 1 fully saturated rings. The van der Waals surface area contributed by atoms with Crippen LogP contribution in [0.5, 0.6) is 0 Å². The number of hydrogen-bond donors (Lipinski definition) is 1. The number of nitriles is 1. The van der Waals surface area contributed by atoms with E-state index < -0.39 is 0 Å². The third-order valence-corrected chi connectivity index (χ3v) is 5.48. The van der Waals surface area contributed by atoms with Gasteiger partial charge < -0.3 is 10.1 Å². The number of fused-ring (bicyclic) bond motifs is 1. The molecule has 0 bridgehead atoms. The van der Waals surface area contributed by atoms with Gasteiger partial charge in [0.15, 0.2) is 0 Å². The minimum absolute atomic E-state index is 0.124. The predicted molar refractivity (Wildman–Crippen MR) is 116 cm³/mol. The highest BCUT2D eigenvalue weighted by molar-refractivity contribution is 5.96. The number of nitrogens with zero attached hydrogens (tertiary/aromatic N) is 3. The summed E-state index contributed by atoms with van der Waals surface area (Å²) in [6.07, 6.45) is 0. The van der Waals surface area contributed by atoms with Crippen LogP contribution < -0.4 is 5.32 Å². The molecule has 2 aromatic carbocycles. The van der Waals surface area contributed by atoms with Crippen LogP contribution in [-0.4, -0.2) is 55.2 Å². The fourth-order valence-electron chi connectivity index (χ4n) is 3.78. The second-order valence-corrected chi connectivity index (χ2v) is 7.38. The van der Waals surface area contributed by atoms with Gasteiger partial charge in [0, 0.05) is 42.7 Å². The lowest BCUT2D eigenvalue weighted by Crippen LogP contribution is -2.41. The van der Waals surface area contributed by atoms with Crippen molar-refractivity contribution in [3.63, 3.8) is 0 Å². The molecule has 152 valence electrons. The fourth-order valence-corrected chi connectivity index (χ4v) is 3.78. The Balaban J connectivity index is 1.56. The Labute approximate surface area is 176 Å². The van der Waals surface area contributed by atoms with Crippen LogP contribution >= 0.6 is 0 Å². The van der Waals surface area contributed by atoms with Crippen LogP contribution in [0.2, 0.25) is 0 Å². The predicted octanol–water partition coefficient (Wildman–Crippen LogP) is 3.14. The number of aromatic nitrogens is 1. The molecule has 3 aromatic rings. The maximum absolute atomic E-state index is 12.7. The van der Waals surface area contributed by atoms with Crippen molar-refractivity contribution < 1.29 is 9.53 Å². The normalized spacial score (nSPS) is 14.4. The number of pyridine rings is 1. The number of benzene rings is 2. The van der Waals surface area contributed by atoms with Gasteiger partial charge in [-0.3, -0.25) is 9.69 Å². The van der Waals surface area contributed by atoms with Gasteiger partial charge in [0.2, 0.25) is 0 Å². The van der Waals surface area contributed by atoms with E-state index in [1.807, 2.05) is 43.3 Å². The number of amides is 1. The van der Waals surface area contributed by atoms with Gasteiger partial charge in [0.05, 0.1) is 30.0 Å². The molecule has 6 nitrogen and oxygen atoms in total. The number of hydrogen-bond acceptors (Lipinski definition) is 5. The molecule has 2 heterocycles. The van der Waals surface area contributed by atoms with Gasteiger partial charge >= 0.3 is 0 Å². The minimum atomic E-state index is -0.124. The SMILES string of the molecule is Cc1c(C#N)c(-c2cccc(C(=O)NCCN3CCOCC3)c2)nc2ccccc12. The standard InChI is InChI=1S/C24H24N4O2/c1-17-20-7-2-3-8-22(20)27-23(21(17)16-25)18-5-4-6-19(15-18)24(29)26-9-10-28-11-13-30-14-12-28/h2-8,15H,9-14H2,1H3,(H,26,29). The minimum Gasteiger partial charge on any atom is -0.379 e. The van der Waals surface area contributed by atoms with Crippen molar-refractivity contribution in [1.29, 1.82) is 5.26 Å². The van der Waals surface area contributed by atoms with Gasteiger partial charge in [-0.25, -0.2) is 4.98 Å². The molecule has 1 aliphatic rings. The smallest absolute Gasteiger partial charge is 0.251 e. The Kier molecular flexibility index (Phi) is 6.03. The molecule has 1 amide bonds. The third kappa shape index (κ3) is 4.18. The first-order valence-corrected chi connectivity index (χ1v) is 10.2. The average molecular weight is 400 g/mol. The van der Waals surface area contributed by atoms with Crippen LogP contribution in [0, 0.1) is 18.3 Å². The van der Waals surface area contributed by atoms with E-state index >= 15 is 0 Å². The number of carbonyl (C=O) groups excluding carboxylic acids is 1. The van der Waals surface area contributed by atoms with E-state index in [-0.39, 0.29) is 5.91 Å². The summed E-state index contributed by atoms with van der Waals surface area (Å²) in [6.45, 7) is 6.61. The van der Waals surface area contributed by atoms with E-state index in [0.717, 1.165) is 54.9 Å².